The van der Waals surface area contributed by atoms with Gasteiger partial charge < -0.3 is 4.57 Å². The lowest BCUT2D eigenvalue weighted by Gasteiger charge is -2.17. The summed E-state index contributed by atoms with van der Waals surface area (Å²) in [5.41, 5.74) is 14.2. The summed E-state index contributed by atoms with van der Waals surface area (Å²) in [6.45, 7) is 8.42. The zero-order valence-electron chi connectivity index (χ0n) is 35.2. The van der Waals surface area contributed by atoms with Gasteiger partial charge in [-0.1, -0.05) is 162 Å². The SMILES string of the molecule is Cc1cc(C)cc(-c2ccc3c4ccc(-c5cc(C)cc(C)c5)cc4n(-c4cc(-c5cccc(C(F)(F)F)c5)ccc4-c4nc(-c5ccccc5)nc(-c5ccccc5)n4)c3c2)c1. The van der Waals surface area contributed by atoms with Gasteiger partial charge in [0.1, 0.15) is 0 Å². The Kier molecular flexibility index (Phi) is 9.83. The van der Waals surface area contributed by atoms with Gasteiger partial charge in [0.05, 0.1) is 22.3 Å². The minimum Gasteiger partial charge on any atom is -0.308 e. The van der Waals surface area contributed by atoms with Crippen LogP contribution >= 0.6 is 0 Å². The summed E-state index contributed by atoms with van der Waals surface area (Å²) in [6.07, 6.45) is -4.51. The zero-order chi connectivity index (χ0) is 43.4. The van der Waals surface area contributed by atoms with Crippen molar-refractivity contribution in [3.63, 3.8) is 0 Å². The third-order valence-corrected chi connectivity index (χ3v) is 11.6. The van der Waals surface area contributed by atoms with Crippen molar-refractivity contribution in [3.8, 4) is 73.2 Å². The van der Waals surface area contributed by atoms with E-state index in [4.69, 9.17) is 15.0 Å². The average Bonchev–Trinajstić information content (AvgIpc) is 3.61. The van der Waals surface area contributed by atoms with E-state index in [-0.39, 0.29) is 0 Å². The summed E-state index contributed by atoms with van der Waals surface area (Å²) in [7, 11) is 0. The first-order valence-corrected chi connectivity index (χ1v) is 20.9. The number of fused-ring (bicyclic) bond motifs is 3. The topological polar surface area (TPSA) is 43.6 Å². The Balaban J connectivity index is 1.32. The molecule has 0 saturated heterocycles. The molecule has 4 nitrogen and oxygen atoms in total. The summed E-state index contributed by atoms with van der Waals surface area (Å²) in [6, 6.07) is 57.1. The van der Waals surface area contributed by atoms with Gasteiger partial charge in [0.25, 0.3) is 0 Å². The van der Waals surface area contributed by atoms with E-state index in [1.165, 1.54) is 12.1 Å². The molecule has 306 valence electrons. The van der Waals surface area contributed by atoms with Gasteiger partial charge >= 0.3 is 6.18 Å². The standard InChI is InChI=1S/C56H41F3N4/c1-34-24-35(2)27-44(26-34)42-18-21-47-48-22-19-43(45-28-36(3)25-37(4)29-45)33-51(48)63(50(47)32-42)52-31-41(40-16-11-17-46(30-40)56(57,58)59)20-23-49(52)55-61-53(38-12-7-5-8-13-38)60-54(62-55)39-14-9-6-10-15-39/h5-33H,1-4H3. The Labute approximate surface area is 364 Å². The highest BCUT2D eigenvalue weighted by molar-refractivity contribution is 6.11. The van der Waals surface area contributed by atoms with Crippen LogP contribution in [0.3, 0.4) is 0 Å². The number of benzene rings is 8. The second kappa shape index (κ2) is 15.7. The molecule has 0 aliphatic heterocycles. The van der Waals surface area contributed by atoms with Gasteiger partial charge in [0.15, 0.2) is 17.5 Å². The monoisotopic (exact) mass is 826 g/mol. The smallest absolute Gasteiger partial charge is 0.308 e. The maximum absolute atomic E-state index is 14.2. The van der Waals surface area contributed by atoms with Crippen molar-refractivity contribution in [3.05, 3.63) is 204 Å². The fraction of sp³-hybridized carbons (Fsp3) is 0.0893. The summed E-state index contributed by atoms with van der Waals surface area (Å²) < 4.78 is 44.9. The van der Waals surface area contributed by atoms with Crippen molar-refractivity contribution in [1.82, 2.24) is 19.5 Å². The van der Waals surface area contributed by atoms with Crippen molar-refractivity contribution >= 4 is 21.8 Å². The number of halogens is 3. The van der Waals surface area contributed by atoms with Crippen LogP contribution in [0.15, 0.2) is 176 Å². The molecule has 63 heavy (non-hydrogen) atoms. The molecule has 0 amide bonds. The quantitative estimate of drug-likeness (QED) is 0.161. The maximum Gasteiger partial charge on any atom is 0.416 e. The Morgan fingerprint density at radius 1 is 0.365 bits per heavy atom. The Morgan fingerprint density at radius 3 is 1.29 bits per heavy atom. The second-order valence-electron chi connectivity index (χ2n) is 16.4. The molecule has 0 unspecified atom stereocenters. The van der Waals surface area contributed by atoms with E-state index in [1.807, 2.05) is 78.9 Å². The summed E-state index contributed by atoms with van der Waals surface area (Å²) in [4.78, 5) is 15.3. The molecule has 0 N–H and O–H groups in total. The highest BCUT2D eigenvalue weighted by Gasteiger charge is 2.31. The molecule has 2 heterocycles. The van der Waals surface area contributed by atoms with E-state index in [2.05, 4.69) is 105 Å². The predicted octanol–water partition coefficient (Wildman–Crippen LogP) is 15.2. The summed E-state index contributed by atoms with van der Waals surface area (Å²) in [5, 5.41) is 2.07. The van der Waals surface area contributed by atoms with Crippen molar-refractivity contribution < 1.29 is 13.2 Å². The first-order valence-electron chi connectivity index (χ1n) is 20.9. The molecule has 0 bridgehead atoms. The molecule has 10 aromatic rings. The number of rotatable bonds is 7. The predicted molar refractivity (Wildman–Crippen MR) is 251 cm³/mol. The molecular weight excluding hydrogens is 786 g/mol. The third kappa shape index (κ3) is 7.67. The molecule has 7 heteroatoms. The fourth-order valence-corrected chi connectivity index (χ4v) is 8.81. The lowest BCUT2D eigenvalue weighted by atomic mass is 9.98. The highest BCUT2D eigenvalue weighted by Crippen LogP contribution is 2.42. The molecule has 10 rings (SSSR count). The van der Waals surface area contributed by atoms with Crippen LogP contribution in [0.1, 0.15) is 27.8 Å². The largest absolute Gasteiger partial charge is 0.416 e. The Morgan fingerprint density at radius 2 is 0.794 bits per heavy atom. The van der Waals surface area contributed by atoms with Gasteiger partial charge in [-0.3, -0.25) is 0 Å². The van der Waals surface area contributed by atoms with E-state index >= 15 is 0 Å². The average molecular weight is 827 g/mol. The highest BCUT2D eigenvalue weighted by atomic mass is 19.4. The molecule has 0 aliphatic rings. The van der Waals surface area contributed by atoms with Gasteiger partial charge in [-0.15, -0.1) is 0 Å². The van der Waals surface area contributed by atoms with Crippen LogP contribution in [-0.4, -0.2) is 19.5 Å². The van der Waals surface area contributed by atoms with Gasteiger partial charge in [-0.25, -0.2) is 15.0 Å². The van der Waals surface area contributed by atoms with E-state index in [0.717, 1.165) is 83.5 Å². The molecule has 0 saturated carbocycles. The first-order chi connectivity index (χ1) is 30.4. The third-order valence-electron chi connectivity index (χ3n) is 11.6. The van der Waals surface area contributed by atoms with Crippen LogP contribution in [0, 0.1) is 27.7 Å². The molecule has 0 fully saturated rings. The number of alkyl halides is 3. The molecular formula is C56H41F3N4. The minimum absolute atomic E-state index is 0.430. The number of hydrogen-bond donors (Lipinski definition) is 0. The molecule has 0 radical (unpaired) electrons. The van der Waals surface area contributed by atoms with Crippen LogP contribution in [0.25, 0.3) is 95.0 Å². The lowest BCUT2D eigenvalue weighted by molar-refractivity contribution is -0.137. The van der Waals surface area contributed by atoms with Crippen molar-refractivity contribution in [2.45, 2.75) is 33.9 Å². The van der Waals surface area contributed by atoms with E-state index in [9.17, 15) is 13.2 Å². The van der Waals surface area contributed by atoms with Crippen LogP contribution in [-0.2, 0) is 6.18 Å². The molecule has 8 aromatic carbocycles. The Hall–Kier alpha value is -7.64. The van der Waals surface area contributed by atoms with E-state index < -0.39 is 11.7 Å². The van der Waals surface area contributed by atoms with Crippen molar-refractivity contribution in [2.24, 2.45) is 0 Å². The first kappa shape index (κ1) is 39.5. The summed E-state index contributed by atoms with van der Waals surface area (Å²) >= 11 is 0. The second-order valence-corrected chi connectivity index (χ2v) is 16.4. The van der Waals surface area contributed by atoms with Gasteiger partial charge in [-0.05, 0) is 97.5 Å². The van der Waals surface area contributed by atoms with Crippen LogP contribution in [0.4, 0.5) is 13.2 Å². The maximum atomic E-state index is 14.2. The Bertz CT molecular complexity index is 3160. The normalized spacial score (nSPS) is 11.7. The molecule has 0 atom stereocenters. The number of aromatic nitrogens is 4. The zero-order valence-corrected chi connectivity index (χ0v) is 35.2. The molecule has 2 aromatic heterocycles. The van der Waals surface area contributed by atoms with Crippen molar-refractivity contribution in [2.75, 3.05) is 0 Å². The lowest BCUT2D eigenvalue weighted by Crippen LogP contribution is -2.05. The number of nitrogens with zero attached hydrogens (tertiary/aromatic N) is 4. The van der Waals surface area contributed by atoms with E-state index in [0.29, 0.717) is 39.9 Å². The number of aryl methyl sites for hydroxylation is 4. The van der Waals surface area contributed by atoms with Crippen molar-refractivity contribution in [1.29, 1.82) is 0 Å². The molecule has 0 aliphatic carbocycles. The van der Waals surface area contributed by atoms with Crippen LogP contribution < -0.4 is 0 Å². The van der Waals surface area contributed by atoms with E-state index in [1.54, 1.807) is 6.07 Å². The van der Waals surface area contributed by atoms with Gasteiger partial charge in [-0.2, -0.15) is 13.2 Å². The number of hydrogen-bond acceptors (Lipinski definition) is 3. The van der Waals surface area contributed by atoms with Gasteiger partial charge in [0.2, 0.25) is 0 Å². The van der Waals surface area contributed by atoms with Crippen LogP contribution in [0.5, 0.6) is 0 Å². The molecule has 0 spiro atoms. The summed E-state index contributed by atoms with van der Waals surface area (Å²) in [5.74, 6) is 1.44. The van der Waals surface area contributed by atoms with Crippen LogP contribution in [0.2, 0.25) is 0 Å². The van der Waals surface area contributed by atoms with Gasteiger partial charge in [0, 0.05) is 27.5 Å². The minimum atomic E-state index is -4.51. The fourth-order valence-electron chi connectivity index (χ4n) is 8.81.